The lowest BCUT2D eigenvalue weighted by molar-refractivity contribution is -0.137. The molecule has 0 aromatic heterocycles. The molecule has 21 heavy (non-hydrogen) atoms. The summed E-state index contributed by atoms with van der Waals surface area (Å²) in [6.07, 6.45) is 14.8. The molecule has 4 aliphatic rings. The number of carboxylic acids is 1. The van der Waals surface area contributed by atoms with Crippen molar-refractivity contribution in [1.82, 2.24) is 5.32 Å². The van der Waals surface area contributed by atoms with Crippen LogP contribution in [-0.2, 0) is 4.79 Å². The number of rotatable bonds is 9. The topological polar surface area (TPSA) is 49.3 Å². The van der Waals surface area contributed by atoms with Crippen molar-refractivity contribution in [2.45, 2.75) is 82.6 Å². The number of aliphatic carboxylic acids is 1. The molecule has 0 radical (unpaired) electrons. The Morgan fingerprint density at radius 2 is 1.43 bits per heavy atom. The minimum atomic E-state index is -0.654. The smallest absolute Gasteiger partial charge is 0.303 e. The predicted octanol–water partition coefficient (Wildman–Crippen LogP) is 3.97. The van der Waals surface area contributed by atoms with Crippen molar-refractivity contribution < 1.29 is 9.90 Å². The fraction of sp³-hybridized carbons (Fsp3) is 0.944. The van der Waals surface area contributed by atoms with Crippen molar-refractivity contribution in [3.63, 3.8) is 0 Å². The van der Waals surface area contributed by atoms with Gasteiger partial charge >= 0.3 is 5.97 Å². The molecule has 0 heterocycles. The zero-order chi connectivity index (χ0) is 14.7. The summed E-state index contributed by atoms with van der Waals surface area (Å²) in [7, 11) is 0. The third-order valence-corrected chi connectivity index (χ3v) is 6.11. The van der Waals surface area contributed by atoms with E-state index in [9.17, 15) is 4.79 Å². The van der Waals surface area contributed by atoms with Crippen molar-refractivity contribution in [3.05, 3.63) is 0 Å². The summed E-state index contributed by atoms with van der Waals surface area (Å²) in [4.78, 5) is 10.4. The van der Waals surface area contributed by atoms with E-state index in [0.717, 1.165) is 30.6 Å². The Labute approximate surface area is 128 Å². The van der Waals surface area contributed by atoms with E-state index < -0.39 is 5.97 Å². The van der Waals surface area contributed by atoms with Gasteiger partial charge in [0.05, 0.1) is 0 Å². The second-order valence-corrected chi connectivity index (χ2v) is 8.04. The summed E-state index contributed by atoms with van der Waals surface area (Å²) < 4.78 is 0. The third-order valence-electron chi connectivity index (χ3n) is 6.11. The van der Waals surface area contributed by atoms with E-state index >= 15 is 0 Å². The van der Waals surface area contributed by atoms with Gasteiger partial charge in [-0.1, -0.05) is 19.3 Å². The molecular formula is C18H31NO2. The molecule has 3 nitrogen and oxygen atoms in total. The minimum absolute atomic E-state index is 0.339. The molecule has 0 aromatic rings. The fourth-order valence-corrected chi connectivity index (χ4v) is 5.61. The van der Waals surface area contributed by atoms with Crippen LogP contribution in [-0.4, -0.2) is 23.2 Å². The minimum Gasteiger partial charge on any atom is -0.481 e. The number of carbonyl (C=O) groups is 1. The molecule has 0 spiro atoms. The number of unbranched alkanes of at least 4 members (excludes halogenated alkanes) is 4. The Bertz CT molecular complexity index is 331. The molecule has 4 rings (SSSR count). The van der Waals surface area contributed by atoms with E-state index in [1.165, 1.54) is 64.3 Å². The Hall–Kier alpha value is -0.570. The van der Waals surface area contributed by atoms with Gasteiger partial charge in [-0.3, -0.25) is 4.79 Å². The Morgan fingerprint density at radius 3 is 2.00 bits per heavy atom. The highest BCUT2D eigenvalue weighted by molar-refractivity contribution is 5.66. The largest absolute Gasteiger partial charge is 0.481 e. The molecule has 4 bridgehead atoms. The molecule has 2 N–H and O–H groups in total. The monoisotopic (exact) mass is 293 g/mol. The lowest BCUT2D eigenvalue weighted by Crippen LogP contribution is -2.58. The van der Waals surface area contributed by atoms with Crippen LogP contribution in [0, 0.1) is 17.8 Å². The van der Waals surface area contributed by atoms with Crippen LogP contribution in [0.4, 0.5) is 0 Å². The Morgan fingerprint density at radius 1 is 0.905 bits per heavy atom. The van der Waals surface area contributed by atoms with Crippen LogP contribution in [0.25, 0.3) is 0 Å². The van der Waals surface area contributed by atoms with Gasteiger partial charge in [-0.2, -0.15) is 0 Å². The maximum Gasteiger partial charge on any atom is 0.303 e. The van der Waals surface area contributed by atoms with Crippen LogP contribution >= 0.6 is 0 Å². The van der Waals surface area contributed by atoms with E-state index in [1.807, 2.05) is 0 Å². The normalized spacial score (nSPS) is 37.0. The molecule has 3 heteroatoms. The van der Waals surface area contributed by atoms with Gasteiger partial charge in [0.15, 0.2) is 0 Å². The summed E-state index contributed by atoms with van der Waals surface area (Å²) in [6, 6.07) is 0. The highest BCUT2D eigenvalue weighted by atomic mass is 16.4. The average molecular weight is 293 g/mol. The van der Waals surface area contributed by atoms with Crippen molar-refractivity contribution >= 4 is 5.97 Å². The predicted molar refractivity (Wildman–Crippen MR) is 84.2 cm³/mol. The van der Waals surface area contributed by atoms with Crippen molar-refractivity contribution in [3.8, 4) is 0 Å². The van der Waals surface area contributed by atoms with Gasteiger partial charge in [-0.15, -0.1) is 0 Å². The highest BCUT2D eigenvalue weighted by Gasteiger charge is 2.50. The zero-order valence-electron chi connectivity index (χ0n) is 13.3. The van der Waals surface area contributed by atoms with Gasteiger partial charge in [-0.05, 0) is 75.7 Å². The number of hydrogen-bond donors (Lipinski definition) is 2. The quantitative estimate of drug-likeness (QED) is 0.632. The Balaban J connectivity index is 1.29. The summed E-state index contributed by atoms with van der Waals surface area (Å²) in [6.45, 7) is 1.17. The maximum absolute atomic E-state index is 10.4. The van der Waals surface area contributed by atoms with Gasteiger partial charge in [0.25, 0.3) is 0 Å². The number of hydrogen-bond acceptors (Lipinski definition) is 2. The first-order valence-corrected chi connectivity index (χ1v) is 9.12. The summed E-state index contributed by atoms with van der Waals surface area (Å²) in [5.41, 5.74) is 0.512. The van der Waals surface area contributed by atoms with E-state index in [-0.39, 0.29) is 0 Å². The molecule has 4 saturated carbocycles. The van der Waals surface area contributed by atoms with E-state index in [4.69, 9.17) is 5.11 Å². The second kappa shape index (κ2) is 6.68. The molecular weight excluding hydrogens is 262 g/mol. The van der Waals surface area contributed by atoms with E-state index in [2.05, 4.69) is 5.32 Å². The number of nitrogens with one attached hydrogen (secondary N) is 1. The van der Waals surface area contributed by atoms with Crippen LogP contribution in [0.5, 0.6) is 0 Å². The lowest BCUT2D eigenvalue weighted by atomic mass is 9.53. The van der Waals surface area contributed by atoms with Crippen molar-refractivity contribution in [2.75, 3.05) is 6.54 Å². The van der Waals surface area contributed by atoms with Gasteiger partial charge in [0, 0.05) is 12.0 Å². The number of carboxylic acid groups (broad SMARTS) is 1. The Kier molecular flexibility index (Phi) is 4.88. The molecule has 0 aromatic carbocycles. The SMILES string of the molecule is O=C(O)CCCCCCCNC12CC3CC(CC(C3)C1)C2. The first kappa shape index (κ1) is 15.3. The summed E-state index contributed by atoms with van der Waals surface area (Å²) in [5, 5.41) is 12.5. The molecule has 0 saturated heterocycles. The van der Waals surface area contributed by atoms with Crippen LogP contribution in [0.3, 0.4) is 0 Å². The van der Waals surface area contributed by atoms with Crippen LogP contribution in [0.1, 0.15) is 77.0 Å². The first-order chi connectivity index (χ1) is 10.2. The molecule has 0 amide bonds. The van der Waals surface area contributed by atoms with E-state index in [1.54, 1.807) is 0 Å². The molecule has 0 aliphatic heterocycles. The second-order valence-electron chi connectivity index (χ2n) is 8.04. The van der Waals surface area contributed by atoms with Crippen LogP contribution in [0.15, 0.2) is 0 Å². The average Bonchev–Trinajstić information content (AvgIpc) is 2.40. The fourth-order valence-electron chi connectivity index (χ4n) is 5.61. The van der Waals surface area contributed by atoms with E-state index in [0.29, 0.717) is 12.0 Å². The van der Waals surface area contributed by atoms with Crippen molar-refractivity contribution in [2.24, 2.45) is 17.8 Å². The van der Waals surface area contributed by atoms with Gasteiger partial charge in [-0.25, -0.2) is 0 Å². The zero-order valence-corrected chi connectivity index (χ0v) is 13.3. The summed E-state index contributed by atoms with van der Waals surface area (Å²) in [5.74, 6) is 2.43. The van der Waals surface area contributed by atoms with Gasteiger partial charge in [0.1, 0.15) is 0 Å². The standard InChI is InChI=1S/C18H31NO2/c20-17(21)6-4-2-1-3-5-7-19-18-11-14-8-15(12-18)10-16(9-14)13-18/h14-16,19H,1-13H2,(H,20,21). The van der Waals surface area contributed by atoms with Crippen molar-refractivity contribution in [1.29, 1.82) is 0 Å². The van der Waals surface area contributed by atoms with Gasteiger partial charge in [0.2, 0.25) is 0 Å². The third kappa shape index (κ3) is 4.00. The molecule has 0 atom stereocenters. The molecule has 0 unspecified atom stereocenters. The van der Waals surface area contributed by atoms with Crippen LogP contribution in [0.2, 0.25) is 0 Å². The first-order valence-electron chi connectivity index (χ1n) is 9.12. The van der Waals surface area contributed by atoms with Crippen LogP contribution < -0.4 is 5.32 Å². The maximum atomic E-state index is 10.4. The lowest BCUT2D eigenvalue weighted by Gasteiger charge is -2.57. The molecule has 4 fully saturated rings. The summed E-state index contributed by atoms with van der Waals surface area (Å²) >= 11 is 0. The van der Waals surface area contributed by atoms with Gasteiger partial charge < -0.3 is 10.4 Å². The highest BCUT2D eigenvalue weighted by Crippen LogP contribution is 2.55. The molecule has 4 aliphatic carbocycles. The molecule has 120 valence electrons.